The first-order valence-corrected chi connectivity index (χ1v) is 12.7. The molecule has 4 heterocycles. The highest BCUT2D eigenvalue weighted by Crippen LogP contribution is 2.31. The molecule has 9 nitrogen and oxygen atoms in total. The molecule has 35 heavy (non-hydrogen) atoms. The number of hydrogen-bond acceptors (Lipinski definition) is 8. The van der Waals surface area contributed by atoms with Crippen LogP contribution in [0.4, 0.5) is 4.39 Å². The Labute approximate surface area is 208 Å². The molecule has 0 unspecified atom stereocenters. The van der Waals surface area contributed by atoms with Crippen LogP contribution in [0.3, 0.4) is 0 Å². The summed E-state index contributed by atoms with van der Waals surface area (Å²) in [4.78, 5) is 32.3. The summed E-state index contributed by atoms with van der Waals surface area (Å²) in [6, 6.07) is 9.87. The number of aromatic nitrogens is 4. The van der Waals surface area contributed by atoms with Crippen molar-refractivity contribution < 1.29 is 18.4 Å². The normalized spacial score (nSPS) is 13.9. The van der Waals surface area contributed by atoms with Crippen molar-refractivity contribution in [2.45, 2.75) is 17.8 Å². The van der Waals surface area contributed by atoms with Gasteiger partial charge in [-0.15, -0.1) is 21.5 Å². The fourth-order valence-corrected chi connectivity index (χ4v) is 5.50. The standard InChI is InChI=1S/C23H21FN6O3S2/c1-15(31)28-8-10-29(11-9-28)22(32)17-13-34-20(25-17)14-35-23-27-26-21(19-7-4-12-33-19)30(23)18-6-3-2-5-16(18)24/h2-7,12-13H,8-11,14H2,1H3. The minimum atomic E-state index is -0.408. The highest BCUT2D eigenvalue weighted by Gasteiger charge is 2.25. The lowest BCUT2D eigenvalue weighted by atomic mass is 10.3. The van der Waals surface area contributed by atoms with Gasteiger partial charge in [0.05, 0.1) is 17.7 Å². The Morgan fingerprint density at radius 2 is 1.86 bits per heavy atom. The second-order valence-electron chi connectivity index (χ2n) is 7.78. The van der Waals surface area contributed by atoms with E-state index in [2.05, 4.69) is 15.2 Å². The summed E-state index contributed by atoms with van der Waals surface area (Å²) in [6.07, 6.45) is 1.52. The van der Waals surface area contributed by atoms with E-state index in [0.29, 0.717) is 60.1 Å². The molecule has 180 valence electrons. The second-order valence-corrected chi connectivity index (χ2v) is 9.67. The minimum Gasteiger partial charge on any atom is -0.461 e. The Morgan fingerprint density at radius 3 is 2.57 bits per heavy atom. The predicted octanol–water partition coefficient (Wildman–Crippen LogP) is 3.72. The third kappa shape index (κ3) is 4.84. The molecule has 0 atom stereocenters. The Hall–Kier alpha value is -3.51. The molecular weight excluding hydrogens is 491 g/mol. The lowest BCUT2D eigenvalue weighted by Crippen LogP contribution is -2.50. The highest BCUT2D eigenvalue weighted by atomic mass is 32.2. The molecule has 1 saturated heterocycles. The molecule has 1 fully saturated rings. The van der Waals surface area contributed by atoms with Crippen LogP contribution in [0.15, 0.2) is 57.6 Å². The van der Waals surface area contributed by atoms with Crippen molar-refractivity contribution in [1.29, 1.82) is 0 Å². The number of furan rings is 1. The van der Waals surface area contributed by atoms with Crippen LogP contribution in [0.1, 0.15) is 22.4 Å². The molecule has 0 N–H and O–H groups in total. The first-order chi connectivity index (χ1) is 17.0. The van der Waals surface area contributed by atoms with Gasteiger partial charge in [-0.05, 0) is 24.3 Å². The fourth-order valence-electron chi connectivity index (χ4n) is 3.77. The maximum atomic E-state index is 14.7. The van der Waals surface area contributed by atoms with E-state index in [4.69, 9.17) is 4.42 Å². The Kier molecular flexibility index (Phi) is 6.64. The van der Waals surface area contributed by atoms with E-state index in [0.717, 1.165) is 5.01 Å². The Bertz CT molecular complexity index is 1340. The second kappa shape index (κ2) is 10.0. The van der Waals surface area contributed by atoms with Gasteiger partial charge in [0.1, 0.15) is 16.5 Å². The highest BCUT2D eigenvalue weighted by molar-refractivity contribution is 7.98. The molecule has 0 aliphatic carbocycles. The van der Waals surface area contributed by atoms with Crippen molar-refractivity contribution in [3.63, 3.8) is 0 Å². The van der Waals surface area contributed by atoms with E-state index in [1.165, 1.54) is 42.4 Å². The average molecular weight is 513 g/mol. The molecule has 1 aliphatic rings. The predicted molar refractivity (Wildman–Crippen MR) is 129 cm³/mol. The molecule has 0 radical (unpaired) electrons. The summed E-state index contributed by atoms with van der Waals surface area (Å²) in [7, 11) is 0. The molecule has 5 rings (SSSR count). The zero-order valence-corrected chi connectivity index (χ0v) is 20.4. The molecule has 12 heteroatoms. The van der Waals surface area contributed by atoms with Gasteiger partial charge in [0.15, 0.2) is 10.9 Å². The van der Waals surface area contributed by atoms with Gasteiger partial charge in [-0.25, -0.2) is 9.37 Å². The Morgan fingerprint density at radius 1 is 1.09 bits per heavy atom. The lowest BCUT2D eigenvalue weighted by Gasteiger charge is -2.33. The fraction of sp³-hybridized carbons (Fsp3) is 0.261. The first-order valence-electron chi connectivity index (χ1n) is 10.9. The summed E-state index contributed by atoms with van der Waals surface area (Å²) in [5, 5.41) is 11.4. The van der Waals surface area contributed by atoms with Crippen molar-refractivity contribution in [2.75, 3.05) is 26.2 Å². The van der Waals surface area contributed by atoms with Crippen LogP contribution >= 0.6 is 23.1 Å². The van der Waals surface area contributed by atoms with E-state index >= 15 is 0 Å². The molecule has 3 aromatic heterocycles. The SMILES string of the molecule is CC(=O)N1CCN(C(=O)c2csc(CSc3nnc(-c4ccco4)n3-c3ccccc3F)n2)CC1. The van der Waals surface area contributed by atoms with Crippen LogP contribution in [-0.4, -0.2) is 67.5 Å². The van der Waals surface area contributed by atoms with E-state index in [1.54, 1.807) is 50.1 Å². The van der Waals surface area contributed by atoms with E-state index in [9.17, 15) is 14.0 Å². The lowest BCUT2D eigenvalue weighted by molar-refractivity contribution is -0.130. The van der Waals surface area contributed by atoms with Gasteiger partial charge in [0.2, 0.25) is 11.7 Å². The summed E-state index contributed by atoms with van der Waals surface area (Å²) in [5.74, 6) is 0.760. The van der Waals surface area contributed by atoms with Crippen molar-refractivity contribution >= 4 is 34.9 Å². The topological polar surface area (TPSA) is 97.4 Å². The number of thioether (sulfide) groups is 1. The van der Waals surface area contributed by atoms with Crippen molar-refractivity contribution in [3.05, 3.63) is 64.6 Å². The van der Waals surface area contributed by atoms with Gasteiger partial charge in [0, 0.05) is 38.5 Å². The largest absolute Gasteiger partial charge is 0.461 e. The van der Waals surface area contributed by atoms with Crippen molar-refractivity contribution in [3.8, 4) is 17.3 Å². The summed E-state index contributed by atoms with van der Waals surface area (Å²) in [6.45, 7) is 3.56. The van der Waals surface area contributed by atoms with Crippen LogP contribution in [0.2, 0.25) is 0 Å². The molecule has 0 bridgehead atoms. The molecular formula is C23H21FN6O3S2. The number of amides is 2. The molecule has 0 spiro atoms. The van der Waals surface area contributed by atoms with Crippen LogP contribution in [0.25, 0.3) is 17.3 Å². The monoisotopic (exact) mass is 512 g/mol. The molecule has 1 aliphatic heterocycles. The average Bonchev–Trinajstić information content (AvgIpc) is 3.63. The van der Waals surface area contributed by atoms with Crippen LogP contribution < -0.4 is 0 Å². The van der Waals surface area contributed by atoms with Gasteiger partial charge in [-0.2, -0.15) is 0 Å². The smallest absolute Gasteiger partial charge is 0.273 e. The Balaban J connectivity index is 1.32. The number of carbonyl (C=O) groups is 2. The van der Waals surface area contributed by atoms with E-state index in [-0.39, 0.29) is 11.8 Å². The summed E-state index contributed by atoms with van der Waals surface area (Å²) in [5.41, 5.74) is 0.694. The number of carbonyl (C=O) groups excluding carboxylic acids is 2. The van der Waals surface area contributed by atoms with Gasteiger partial charge in [-0.1, -0.05) is 23.9 Å². The van der Waals surface area contributed by atoms with E-state index < -0.39 is 5.82 Å². The van der Waals surface area contributed by atoms with Crippen LogP contribution in [0.5, 0.6) is 0 Å². The number of halogens is 1. The molecule has 1 aromatic carbocycles. The van der Waals surface area contributed by atoms with Gasteiger partial charge in [0.25, 0.3) is 5.91 Å². The molecule has 4 aromatic rings. The van der Waals surface area contributed by atoms with Crippen molar-refractivity contribution in [1.82, 2.24) is 29.5 Å². The maximum absolute atomic E-state index is 14.7. The minimum absolute atomic E-state index is 0.0171. The number of para-hydroxylation sites is 1. The first kappa shape index (κ1) is 23.2. The van der Waals surface area contributed by atoms with Gasteiger partial charge in [-0.3, -0.25) is 14.2 Å². The summed E-state index contributed by atoms with van der Waals surface area (Å²) >= 11 is 2.73. The number of benzene rings is 1. The third-order valence-corrected chi connectivity index (χ3v) is 7.55. The van der Waals surface area contributed by atoms with Gasteiger partial charge < -0.3 is 14.2 Å². The van der Waals surface area contributed by atoms with Gasteiger partial charge >= 0.3 is 0 Å². The number of hydrogen-bond donors (Lipinski definition) is 0. The number of piperazine rings is 1. The van der Waals surface area contributed by atoms with Crippen molar-refractivity contribution in [2.24, 2.45) is 0 Å². The zero-order valence-electron chi connectivity index (χ0n) is 18.8. The summed E-state index contributed by atoms with van der Waals surface area (Å²) < 4.78 is 21.8. The molecule has 2 amide bonds. The van der Waals surface area contributed by atoms with Crippen LogP contribution in [0, 0.1) is 5.82 Å². The number of thiazole rings is 1. The number of nitrogens with zero attached hydrogens (tertiary/aromatic N) is 6. The maximum Gasteiger partial charge on any atom is 0.273 e. The third-order valence-electron chi connectivity index (χ3n) is 5.58. The number of rotatable bonds is 6. The quantitative estimate of drug-likeness (QED) is 0.363. The van der Waals surface area contributed by atoms with Crippen LogP contribution in [-0.2, 0) is 10.5 Å². The van der Waals surface area contributed by atoms with E-state index in [1.807, 2.05) is 0 Å². The zero-order chi connectivity index (χ0) is 24.4. The molecule has 0 saturated carbocycles.